The summed E-state index contributed by atoms with van der Waals surface area (Å²) in [6.07, 6.45) is 1.69. The first-order valence-corrected chi connectivity index (χ1v) is 3.46. The Morgan fingerprint density at radius 3 is 3.00 bits per heavy atom. The van der Waals surface area contributed by atoms with Crippen LogP contribution in [-0.2, 0) is 4.84 Å². The van der Waals surface area contributed by atoms with Gasteiger partial charge < -0.3 is 5.73 Å². The smallest absolute Gasteiger partial charge is 0.0861 e. The summed E-state index contributed by atoms with van der Waals surface area (Å²) in [5.41, 5.74) is 8.16. The second-order valence-corrected chi connectivity index (χ2v) is 2.29. The lowest BCUT2D eigenvalue weighted by Gasteiger charge is -2.08. The van der Waals surface area contributed by atoms with E-state index in [-0.39, 0.29) is 0 Å². The van der Waals surface area contributed by atoms with Crippen LogP contribution in [0.25, 0.3) is 0 Å². The van der Waals surface area contributed by atoms with Gasteiger partial charge >= 0.3 is 0 Å². The Morgan fingerprint density at radius 1 is 1.80 bits per heavy atom. The minimum atomic E-state index is 0.463. The third kappa shape index (κ3) is 5.75. The quantitative estimate of drug-likeness (QED) is 0.320. The van der Waals surface area contributed by atoms with Crippen molar-refractivity contribution in [3.63, 3.8) is 0 Å². The summed E-state index contributed by atoms with van der Waals surface area (Å²) < 4.78 is 0. The molecule has 0 aromatic heterocycles. The van der Waals surface area contributed by atoms with Gasteiger partial charge in [0.25, 0.3) is 0 Å². The van der Waals surface area contributed by atoms with Crippen LogP contribution in [0.2, 0.25) is 0 Å². The molecule has 0 aromatic carbocycles. The Hall–Kier alpha value is -0.380. The Kier molecular flexibility index (Phi) is 6.48. The second-order valence-electron chi connectivity index (χ2n) is 2.29. The van der Waals surface area contributed by atoms with E-state index in [0.29, 0.717) is 19.1 Å². The molecule has 60 valence electrons. The predicted molar refractivity (Wildman–Crippen MR) is 42.4 cm³/mol. The third-order valence-electron chi connectivity index (χ3n) is 1.14. The number of nitrogens with two attached hydrogens (primary N) is 1. The molecule has 0 amide bonds. The fraction of sp³-hybridized carbons (Fsp3) is 0.714. The Labute approximate surface area is 62.2 Å². The van der Waals surface area contributed by atoms with Crippen LogP contribution in [0.15, 0.2) is 12.7 Å². The van der Waals surface area contributed by atoms with Crippen molar-refractivity contribution in [1.29, 1.82) is 0 Å². The standard InChI is InChI=1S/C7H16N2O/c1-3-4-10-9-6-7(2)5-8/h3,7,9H,1,4-6,8H2,2H3. The summed E-state index contributed by atoms with van der Waals surface area (Å²) in [6.45, 7) is 7.59. The summed E-state index contributed by atoms with van der Waals surface area (Å²) in [7, 11) is 0. The van der Waals surface area contributed by atoms with Gasteiger partial charge in [0.2, 0.25) is 0 Å². The van der Waals surface area contributed by atoms with Crippen molar-refractivity contribution in [1.82, 2.24) is 5.48 Å². The normalized spacial score (nSPS) is 13.0. The summed E-state index contributed by atoms with van der Waals surface area (Å²) in [4.78, 5) is 4.93. The molecule has 0 aliphatic heterocycles. The molecule has 0 aliphatic rings. The van der Waals surface area contributed by atoms with Gasteiger partial charge in [-0.2, -0.15) is 0 Å². The molecule has 0 radical (unpaired) electrons. The monoisotopic (exact) mass is 144 g/mol. The van der Waals surface area contributed by atoms with E-state index >= 15 is 0 Å². The minimum Gasteiger partial charge on any atom is -0.330 e. The number of hydrogen-bond acceptors (Lipinski definition) is 3. The van der Waals surface area contributed by atoms with E-state index in [1.807, 2.05) is 0 Å². The first-order valence-electron chi connectivity index (χ1n) is 3.46. The molecule has 3 nitrogen and oxygen atoms in total. The van der Waals surface area contributed by atoms with Gasteiger partial charge in [-0.3, -0.25) is 4.84 Å². The predicted octanol–water partition coefficient (Wildman–Crippen LogP) is 0.288. The van der Waals surface area contributed by atoms with Crippen molar-refractivity contribution in [2.75, 3.05) is 19.7 Å². The molecule has 0 bridgehead atoms. The third-order valence-corrected chi connectivity index (χ3v) is 1.14. The molecule has 3 heteroatoms. The second kappa shape index (κ2) is 6.74. The Morgan fingerprint density at radius 2 is 2.50 bits per heavy atom. The van der Waals surface area contributed by atoms with E-state index in [1.54, 1.807) is 6.08 Å². The minimum absolute atomic E-state index is 0.463. The molecule has 0 fully saturated rings. The van der Waals surface area contributed by atoms with Gasteiger partial charge in [-0.25, -0.2) is 5.48 Å². The number of hydroxylamine groups is 1. The van der Waals surface area contributed by atoms with Crippen molar-refractivity contribution < 1.29 is 4.84 Å². The number of rotatable bonds is 6. The zero-order valence-electron chi connectivity index (χ0n) is 6.47. The van der Waals surface area contributed by atoms with Crippen LogP contribution < -0.4 is 11.2 Å². The van der Waals surface area contributed by atoms with Gasteiger partial charge in [-0.15, -0.1) is 6.58 Å². The van der Waals surface area contributed by atoms with E-state index in [1.165, 1.54) is 0 Å². The molecule has 0 saturated carbocycles. The van der Waals surface area contributed by atoms with Gasteiger partial charge in [0.1, 0.15) is 0 Å². The van der Waals surface area contributed by atoms with Gasteiger partial charge in [-0.1, -0.05) is 13.0 Å². The maximum atomic E-state index is 5.37. The molecule has 0 aliphatic carbocycles. The van der Waals surface area contributed by atoms with E-state index in [0.717, 1.165) is 6.54 Å². The highest BCUT2D eigenvalue weighted by Gasteiger charge is 1.95. The molecule has 10 heavy (non-hydrogen) atoms. The first-order chi connectivity index (χ1) is 4.81. The topological polar surface area (TPSA) is 47.3 Å². The van der Waals surface area contributed by atoms with Gasteiger partial charge in [0, 0.05) is 6.54 Å². The van der Waals surface area contributed by atoms with Crippen molar-refractivity contribution >= 4 is 0 Å². The van der Waals surface area contributed by atoms with E-state index in [4.69, 9.17) is 10.6 Å². The Bertz CT molecular complexity index is 85.7. The van der Waals surface area contributed by atoms with Gasteiger partial charge in [0.05, 0.1) is 6.61 Å². The zero-order chi connectivity index (χ0) is 7.82. The summed E-state index contributed by atoms with van der Waals surface area (Å²) in [5.74, 6) is 0.463. The fourth-order valence-corrected chi connectivity index (χ4v) is 0.402. The molecule has 0 rings (SSSR count). The lowest BCUT2D eigenvalue weighted by Crippen LogP contribution is -2.26. The average molecular weight is 144 g/mol. The molecule has 3 N–H and O–H groups in total. The summed E-state index contributed by atoms with van der Waals surface area (Å²) >= 11 is 0. The molecular formula is C7H16N2O. The van der Waals surface area contributed by atoms with Crippen molar-refractivity contribution in [3.8, 4) is 0 Å². The molecule has 0 aromatic rings. The van der Waals surface area contributed by atoms with Crippen LogP contribution in [0.3, 0.4) is 0 Å². The zero-order valence-corrected chi connectivity index (χ0v) is 6.47. The van der Waals surface area contributed by atoms with Crippen molar-refractivity contribution in [2.24, 2.45) is 11.7 Å². The molecule has 1 unspecified atom stereocenters. The fourth-order valence-electron chi connectivity index (χ4n) is 0.402. The SMILES string of the molecule is C=CCONCC(C)CN. The molecule has 0 saturated heterocycles. The van der Waals surface area contributed by atoms with Crippen LogP contribution in [-0.4, -0.2) is 19.7 Å². The van der Waals surface area contributed by atoms with Crippen LogP contribution in [0.4, 0.5) is 0 Å². The Balaban J connectivity index is 2.95. The lowest BCUT2D eigenvalue weighted by atomic mass is 10.2. The maximum absolute atomic E-state index is 5.37. The van der Waals surface area contributed by atoms with Crippen LogP contribution in [0.1, 0.15) is 6.92 Å². The van der Waals surface area contributed by atoms with Gasteiger partial charge in [0.15, 0.2) is 0 Å². The van der Waals surface area contributed by atoms with Crippen molar-refractivity contribution in [2.45, 2.75) is 6.92 Å². The highest BCUT2D eigenvalue weighted by molar-refractivity contribution is 4.63. The molecule has 0 heterocycles. The highest BCUT2D eigenvalue weighted by Crippen LogP contribution is 1.86. The molecular weight excluding hydrogens is 128 g/mol. The van der Waals surface area contributed by atoms with E-state index in [9.17, 15) is 0 Å². The lowest BCUT2D eigenvalue weighted by molar-refractivity contribution is 0.0548. The largest absolute Gasteiger partial charge is 0.330 e. The van der Waals surface area contributed by atoms with Crippen LogP contribution >= 0.6 is 0 Å². The van der Waals surface area contributed by atoms with Crippen LogP contribution in [0, 0.1) is 5.92 Å². The highest BCUT2D eigenvalue weighted by atomic mass is 16.6. The number of nitrogens with one attached hydrogen (secondary N) is 1. The van der Waals surface area contributed by atoms with E-state index in [2.05, 4.69) is 19.0 Å². The summed E-state index contributed by atoms with van der Waals surface area (Å²) in [6, 6.07) is 0. The van der Waals surface area contributed by atoms with Crippen molar-refractivity contribution in [3.05, 3.63) is 12.7 Å². The van der Waals surface area contributed by atoms with Crippen LogP contribution in [0.5, 0.6) is 0 Å². The van der Waals surface area contributed by atoms with E-state index < -0.39 is 0 Å². The maximum Gasteiger partial charge on any atom is 0.0861 e. The number of hydrogen-bond donors (Lipinski definition) is 2. The first kappa shape index (κ1) is 9.62. The van der Waals surface area contributed by atoms with Gasteiger partial charge in [-0.05, 0) is 12.5 Å². The molecule has 0 spiro atoms. The average Bonchev–Trinajstić information content (AvgIpc) is 1.98. The molecule has 1 atom stereocenters. The summed E-state index contributed by atoms with van der Waals surface area (Å²) in [5, 5.41) is 0.